The van der Waals surface area contributed by atoms with Crippen molar-refractivity contribution < 1.29 is 0 Å². The van der Waals surface area contributed by atoms with Crippen molar-refractivity contribution in [2.24, 2.45) is 0 Å². The van der Waals surface area contributed by atoms with Gasteiger partial charge in [0.1, 0.15) is 0 Å². The zero-order chi connectivity index (χ0) is 7.84. The van der Waals surface area contributed by atoms with E-state index in [1.165, 1.54) is 19.2 Å². The van der Waals surface area contributed by atoms with Crippen LogP contribution < -0.4 is 0 Å². The highest BCUT2D eigenvalue weighted by atomic mass is 127. The molecule has 2 rings (SSSR count). The number of hydrogen-bond donors (Lipinski definition) is 0. The van der Waals surface area contributed by atoms with Crippen LogP contribution in [0.3, 0.4) is 0 Å². The highest BCUT2D eigenvalue weighted by molar-refractivity contribution is 14.1. The van der Waals surface area contributed by atoms with Gasteiger partial charge in [-0.15, -0.1) is 0 Å². The van der Waals surface area contributed by atoms with Crippen molar-refractivity contribution in [2.75, 3.05) is 0 Å². The lowest BCUT2D eigenvalue weighted by molar-refractivity contribution is 1.30. The molecule has 1 aliphatic rings. The molecule has 0 saturated heterocycles. The number of fused-ring (bicyclic) bond motifs is 1. The molecular formula is C9H6BrI. The van der Waals surface area contributed by atoms with Gasteiger partial charge in [-0.25, -0.2) is 0 Å². The minimum absolute atomic E-state index is 1.11. The molecular weight excluding hydrogens is 315 g/mol. The van der Waals surface area contributed by atoms with E-state index in [-0.39, 0.29) is 0 Å². The number of allylic oxidation sites excluding steroid dienone is 1. The first-order valence-corrected chi connectivity index (χ1v) is 5.27. The summed E-state index contributed by atoms with van der Waals surface area (Å²) in [6, 6.07) is 6.44. The minimum atomic E-state index is 1.11. The zero-order valence-corrected chi connectivity index (χ0v) is 9.52. The van der Waals surface area contributed by atoms with Gasteiger partial charge >= 0.3 is 0 Å². The van der Waals surface area contributed by atoms with Crippen LogP contribution in [0.1, 0.15) is 11.1 Å². The Balaban J connectivity index is 2.52. The Morgan fingerprint density at radius 3 is 3.00 bits per heavy atom. The van der Waals surface area contributed by atoms with Crippen LogP contribution in [0.2, 0.25) is 0 Å². The third-order valence-electron chi connectivity index (χ3n) is 1.78. The molecule has 0 atom stereocenters. The van der Waals surface area contributed by atoms with Gasteiger partial charge in [0.05, 0.1) is 0 Å². The number of benzene rings is 1. The molecule has 0 amide bonds. The van der Waals surface area contributed by atoms with Gasteiger partial charge in [0.25, 0.3) is 0 Å². The van der Waals surface area contributed by atoms with Crippen LogP contribution in [0.4, 0.5) is 0 Å². The molecule has 1 aromatic carbocycles. The first kappa shape index (κ1) is 7.80. The number of hydrogen-bond acceptors (Lipinski definition) is 0. The van der Waals surface area contributed by atoms with Crippen LogP contribution in [0.15, 0.2) is 26.3 Å². The molecule has 0 radical (unpaired) electrons. The van der Waals surface area contributed by atoms with E-state index < -0.39 is 0 Å². The largest absolute Gasteiger partial charge is 0.0535 e. The smallest absolute Gasteiger partial charge is 0.0178 e. The first-order chi connectivity index (χ1) is 5.25. The normalized spacial score (nSPS) is 14.5. The Bertz CT molecular complexity index is 328. The fraction of sp³-hybridized carbons (Fsp3) is 0.111. The van der Waals surface area contributed by atoms with Gasteiger partial charge in [-0.05, 0) is 55.5 Å². The van der Waals surface area contributed by atoms with Gasteiger partial charge in [0, 0.05) is 10.9 Å². The van der Waals surface area contributed by atoms with Crippen molar-refractivity contribution in [2.45, 2.75) is 6.42 Å². The average Bonchev–Trinajstić information content (AvgIpc) is 2.27. The van der Waals surface area contributed by atoms with Gasteiger partial charge in [-0.3, -0.25) is 0 Å². The van der Waals surface area contributed by atoms with E-state index in [2.05, 4.69) is 62.8 Å². The maximum Gasteiger partial charge on any atom is 0.0178 e. The molecule has 0 spiro atoms. The topological polar surface area (TPSA) is 0 Å². The summed E-state index contributed by atoms with van der Waals surface area (Å²) in [5, 5.41) is 0. The highest BCUT2D eigenvalue weighted by Gasteiger charge is 2.09. The third-order valence-corrected chi connectivity index (χ3v) is 2.96. The van der Waals surface area contributed by atoms with Crippen molar-refractivity contribution >= 4 is 44.6 Å². The summed E-state index contributed by atoms with van der Waals surface area (Å²) in [4.78, 5) is 0. The standard InChI is InChI=1S/C9H6BrI/c10-8-2-1-6-4-9(11)5-7(6)3-8/h1-4H,5H2. The Morgan fingerprint density at radius 1 is 1.36 bits per heavy atom. The van der Waals surface area contributed by atoms with Crippen molar-refractivity contribution in [1.29, 1.82) is 0 Å². The highest BCUT2D eigenvalue weighted by Crippen LogP contribution is 2.30. The van der Waals surface area contributed by atoms with Crippen molar-refractivity contribution in [3.05, 3.63) is 37.4 Å². The molecule has 0 saturated carbocycles. The lowest BCUT2D eigenvalue weighted by Crippen LogP contribution is -1.80. The summed E-state index contributed by atoms with van der Waals surface area (Å²) in [7, 11) is 0. The van der Waals surface area contributed by atoms with Crippen LogP contribution >= 0.6 is 38.5 Å². The van der Waals surface area contributed by atoms with Crippen molar-refractivity contribution in [1.82, 2.24) is 0 Å². The van der Waals surface area contributed by atoms with Crippen molar-refractivity contribution in [3.63, 3.8) is 0 Å². The molecule has 0 N–H and O–H groups in total. The van der Waals surface area contributed by atoms with Crippen LogP contribution in [-0.4, -0.2) is 0 Å². The fourth-order valence-corrected chi connectivity index (χ4v) is 2.42. The zero-order valence-electron chi connectivity index (χ0n) is 5.77. The molecule has 0 bridgehead atoms. The predicted molar refractivity (Wildman–Crippen MR) is 59.8 cm³/mol. The molecule has 56 valence electrons. The molecule has 0 fully saturated rings. The monoisotopic (exact) mass is 320 g/mol. The second-order valence-corrected chi connectivity index (χ2v) is 4.91. The van der Waals surface area contributed by atoms with E-state index in [1.807, 2.05) is 0 Å². The van der Waals surface area contributed by atoms with Gasteiger partial charge in [0.15, 0.2) is 0 Å². The molecule has 2 heteroatoms. The maximum atomic E-state index is 3.46. The predicted octanol–water partition coefficient (Wildman–Crippen LogP) is 3.78. The number of rotatable bonds is 0. The molecule has 0 aromatic heterocycles. The summed E-state index contributed by atoms with van der Waals surface area (Å²) < 4.78 is 2.60. The fourth-order valence-electron chi connectivity index (χ4n) is 1.27. The van der Waals surface area contributed by atoms with Gasteiger partial charge in [-0.2, -0.15) is 0 Å². The van der Waals surface area contributed by atoms with Crippen LogP contribution in [0, 0.1) is 0 Å². The second-order valence-electron chi connectivity index (χ2n) is 2.61. The Hall–Kier alpha value is 0.170. The summed E-state index contributed by atoms with van der Waals surface area (Å²) in [6.45, 7) is 0. The van der Waals surface area contributed by atoms with Crippen molar-refractivity contribution in [3.8, 4) is 0 Å². The summed E-state index contributed by atoms with van der Waals surface area (Å²) in [5.41, 5.74) is 2.81. The van der Waals surface area contributed by atoms with E-state index in [1.54, 1.807) is 0 Å². The van der Waals surface area contributed by atoms with E-state index in [0.717, 1.165) is 6.42 Å². The summed E-state index contributed by atoms with van der Waals surface area (Å²) in [6.07, 6.45) is 3.34. The Kier molecular flexibility index (Phi) is 2.06. The first-order valence-electron chi connectivity index (χ1n) is 3.40. The summed E-state index contributed by atoms with van der Waals surface area (Å²) >= 11 is 5.84. The van der Waals surface area contributed by atoms with Crippen LogP contribution in [-0.2, 0) is 6.42 Å². The van der Waals surface area contributed by atoms with E-state index in [0.29, 0.717) is 0 Å². The number of halogens is 2. The van der Waals surface area contributed by atoms with Gasteiger partial charge in [0.2, 0.25) is 0 Å². The molecule has 1 aliphatic carbocycles. The second kappa shape index (κ2) is 2.90. The van der Waals surface area contributed by atoms with E-state index in [9.17, 15) is 0 Å². The quantitative estimate of drug-likeness (QED) is 0.638. The van der Waals surface area contributed by atoms with Gasteiger partial charge < -0.3 is 0 Å². The molecule has 0 unspecified atom stereocenters. The molecule has 0 heterocycles. The third kappa shape index (κ3) is 1.51. The lowest BCUT2D eigenvalue weighted by atomic mass is 10.1. The molecule has 11 heavy (non-hydrogen) atoms. The lowest BCUT2D eigenvalue weighted by Gasteiger charge is -1.97. The Morgan fingerprint density at radius 2 is 2.18 bits per heavy atom. The summed E-state index contributed by atoms with van der Waals surface area (Å²) in [5.74, 6) is 0. The molecule has 1 aromatic rings. The van der Waals surface area contributed by atoms with Gasteiger partial charge in [-0.1, -0.05) is 22.0 Å². The van der Waals surface area contributed by atoms with Crippen LogP contribution in [0.25, 0.3) is 6.08 Å². The maximum absolute atomic E-state index is 3.46. The molecule has 0 nitrogen and oxygen atoms in total. The average molecular weight is 321 g/mol. The van der Waals surface area contributed by atoms with E-state index in [4.69, 9.17) is 0 Å². The van der Waals surface area contributed by atoms with Crippen LogP contribution in [0.5, 0.6) is 0 Å². The van der Waals surface area contributed by atoms with E-state index >= 15 is 0 Å². The minimum Gasteiger partial charge on any atom is -0.0535 e. The molecule has 0 aliphatic heterocycles. The SMILES string of the molecule is Brc1ccc2c(c1)CC(I)=C2. The Labute approximate surface area is 88.0 Å².